The van der Waals surface area contributed by atoms with Crippen LogP contribution in [0.2, 0.25) is 0 Å². The molecule has 4 nitrogen and oxygen atoms in total. The molecule has 0 N–H and O–H groups in total. The van der Waals surface area contributed by atoms with Crippen LogP contribution in [0, 0.1) is 21.3 Å². The Bertz CT molecular complexity index is 880. The maximum absolute atomic E-state index is 7.13. The Morgan fingerprint density at radius 1 is 0.340 bits per heavy atom. The van der Waals surface area contributed by atoms with Gasteiger partial charge in [-0.15, -0.1) is 0 Å². The smallest absolute Gasteiger partial charge is 0.168 e. The first-order chi connectivity index (χ1) is 24.7. The van der Waals surface area contributed by atoms with Gasteiger partial charge in [-0.25, -0.2) is 19.7 Å². The highest BCUT2D eigenvalue weighted by atomic mass is 32.1. The molecule has 0 radical (unpaired) electrons. The molecular weight excluding hydrogens is 649 g/mol. The van der Waals surface area contributed by atoms with Gasteiger partial charge in [0.1, 0.15) is 13.1 Å². The number of nitriles is 2. The second-order valence-electron chi connectivity index (χ2n) is 13.6. The monoisotopic (exact) mass is 725 g/mol. The number of unbranched alkanes of at least 4 members (excludes halogenated alkanes) is 26. The van der Waals surface area contributed by atoms with Crippen LogP contribution in [0.15, 0.2) is 61.2 Å². The number of aryl methyl sites for hydroxylation is 2. The van der Waals surface area contributed by atoms with Crippen molar-refractivity contribution < 1.29 is 9.13 Å². The molecule has 0 saturated carbocycles. The van der Waals surface area contributed by atoms with Crippen molar-refractivity contribution in [3.8, 4) is 10.8 Å². The maximum atomic E-state index is 7.13. The standard InChI is InChI=1S/2C21H38N.2CHNS/c2*1-2-3-4-5-6-7-8-9-10-11-12-13-14-16-19-22-20-17-15-18-21-22;2*2-1-3/h2*15,17-18,20-21H,2-14,16,19H2,1H3;2*3H/q2*+1;;/p-2. The van der Waals surface area contributed by atoms with Crippen LogP contribution in [0.3, 0.4) is 0 Å². The van der Waals surface area contributed by atoms with E-state index in [1.165, 1.54) is 204 Å². The molecule has 0 aliphatic heterocycles. The number of nitrogens with zero attached hydrogens (tertiary/aromatic N) is 4. The van der Waals surface area contributed by atoms with E-state index in [0.29, 0.717) is 0 Å². The van der Waals surface area contributed by atoms with Crippen LogP contribution in [-0.2, 0) is 38.3 Å². The number of hydrogen-bond donors (Lipinski definition) is 0. The molecule has 2 aromatic rings. The van der Waals surface area contributed by atoms with E-state index in [9.17, 15) is 0 Å². The van der Waals surface area contributed by atoms with Gasteiger partial charge in [-0.2, -0.15) is 0 Å². The van der Waals surface area contributed by atoms with E-state index >= 15 is 0 Å². The van der Waals surface area contributed by atoms with Gasteiger partial charge in [-0.3, -0.25) is 0 Å². The van der Waals surface area contributed by atoms with Crippen LogP contribution in [0.1, 0.15) is 194 Å². The van der Waals surface area contributed by atoms with Crippen molar-refractivity contribution in [3.05, 3.63) is 61.2 Å². The van der Waals surface area contributed by atoms with Crippen molar-refractivity contribution in [2.45, 2.75) is 207 Å². The summed E-state index contributed by atoms with van der Waals surface area (Å²) in [5, 5.41) is 16.9. The normalized spacial score (nSPS) is 9.92. The highest BCUT2D eigenvalue weighted by Crippen LogP contribution is 2.14. The minimum absolute atomic E-state index is 1.18. The molecule has 0 aliphatic carbocycles. The number of aromatic nitrogens is 2. The third-order valence-corrected chi connectivity index (χ3v) is 9.09. The molecule has 0 fully saturated rings. The molecule has 0 aromatic carbocycles. The summed E-state index contributed by atoms with van der Waals surface area (Å²) in [6.45, 7) is 6.94. The SMILES string of the molecule is CCCCCCCCCCCCCCCC[n+]1ccccc1.CCCCCCCCCCCCCCCC[n+]1ccccc1.N#C[S-].N#C[S-]. The molecule has 0 atom stereocenters. The third-order valence-electron chi connectivity index (χ3n) is 9.09. The molecule has 0 saturated heterocycles. The lowest BCUT2D eigenvalue weighted by atomic mass is 10.0. The summed E-state index contributed by atoms with van der Waals surface area (Å²) in [5.41, 5.74) is 0. The topological polar surface area (TPSA) is 55.3 Å². The molecule has 2 aromatic heterocycles. The van der Waals surface area contributed by atoms with Gasteiger partial charge in [0.2, 0.25) is 0 Å². The molecule has 284 valence electrons. The van der Waals surface area contributed by atoms with Gasteiger partial charge in [0, 0.05) is 37.1 Å². The minimum atomic E-state index is 1.18. The lowest BCUT2D eigenvalue weighted by Gasteiger charge is -2.02. The van der Waals surface area contributed by atoms with Crippen LogP contribution >= 0.6 is 0 Å². The average molecular weight is 725 g/mol. The van der Waals surface area contributed by atoms with Crippen molar-refractivity contribution in [1.29, 1.82) is 10.5 Å². The Morgan fingerprint density at radius 3 is 0.720 bits per heavy atom. The van der Waals surface area contributed by atoms with Gasteiger partial charge in [-0.05, 0) is 12.8 Å². The van der Waals surface area contributed by atoms with E-state index < -0.39 is 0 Å². The molecule has 0 amide bonds. The molecular formula is C44H76N4S2. The Hall–Kier alpha value is -2.28. The fraction of sp³-hybridized carbons (Fsp3) is 0.727. The lowest BCUT2D eigenvalue weighted by Crippen LogP contribution is -2.32. The maximum Gasteiger partial charge on any atom is 0.168 e. The predicted octanol–water partition coefficient (Wildman–Crippen LogP) is 12.9. The number of hydrogen-bond acceptors (Lipinski definition) is 4. The first-order valence-corrected chi connectivity index (χ1v) is 21.4. The number of pyridine rings is 2. The van der Waals surface area contributed by atoms with E-state index in [-0.39, 0.29) is 0 Å². The van der Waals surface area contributed by atoms with Crippen LogP contribution in [0.25, 0.3) is 0 Å². The Kier molecular flexibility index (Phi) is 46.6. The van der Waals surface area contributed by atoms with Crippen LogP contribution in [0.4, 0.5) is 0 Å². The fourth-order valence-corrected chi connectivity index (χ4v) is 6.14. The van der Waals surface area contributed by atoms with Gasteiger partial charge in [-0.1, -0.05) is 191 Å². The molecule has 0 spiro atoms. The quantitative estimate of drug-likeness (QED) is 0.0348. The highest BCUT2D eigenvalue weighted by Gasteiger charge is 1.99. The van der Waals surface area contributed by atoms with Gasteiger partial charge in [0.15, 0.2) is 24.8 Å². The summed E-state index contributed by atoms with van der Waals surface area (Å²) in [7, 11) is 0. The van der Waals surface area contributed by atoms with E-state index in [4.69, 9.17) is 10.5 Å². The third kappa shape index (κ3) is 43.7. The molecule has 2 heterocycles. The molecule has 2 rings (SSSR count). The molecule has 6 heteroatoms. The second kappa shape index (κ2) is 46.7. The predicted molar refractivity (Wildman–Crippen MR) is 220 cm³/mol. The van der Waals surface area contributed by atoms with Crippen molar-refractivity contribution in [2.24, 2.45) is 0 Å². The van der Waals surface area contributed by atoms with E-state index in [2.05, 4.69) is 109 Å². The Labute approximate surface area is 322 Å². The Morgan fingerprint density at radius 2 is 0.520 bits per heavy atom. The fourth-order valence-electron chi connectivity index (χ4n) is 6.14. The number of thiocyanates is 2. The summed E-state index contributed by atoms with van der Waals surface area (Å²) in [5.74, 6) is 0. The molecule has 50 heavy (non-hydrogen) atoms. The van der Waals surface area contributed by atoms with Gasteiger partial charge >= 0.3 is 0 Å². The van der Waals surface area contributed by atoms with Crippen LogP contribution in [-0.4, -0.2) is 0 Å². The first-order valence-electron chi connectivity index (χ1n) is 20.6. The van der Waals surface area contributed by atoms with E-state index in [0.717, 1.165) is 0 Å². The first kappa shape index (κ1) is 49.8. The lowest BCUT2D eigenvalue weighted by molar-refractivity contribution is -0.697. The van der Waals surface area contributed by atoms with Crippen LogP contribution in [0.5, 0.6) is 0 Å². The van der Waals surface area contributed by atoms with Gasteiger partial charge in [0.25, 0.3) is 0 Å². The van der Waals surface area contributed by atoms with Gasteiger partial charge in [0.05, 0.1) is 0 Å². The summed E-state index contributed by atoms with van der Waals surface area (Å²) in [6, 6.07) is 12.6. The zero-order valence-corrected chi connectivity index (χ0v) is 34.2. The number of rotatable bonds is 30. The van der Waals surface area contributed by atoms with E-state index in [1.807, 2.05) is 0 Å². The second-order valence-corrected chi connectivity index (χ2v) is 14.0. The van der Waals surface area contributed by atoms with Crippen molar-refractivity contribution in [1.82, 2.24) is 0 Å². The molecule has 0 aliphatic rings. The molecule has 0 bridgehead atoms. The average Bonchev–Trinajstić information content (AvgIpc) is 3.14. The van der Waals surface area contributed by atoms with Gasteiger partial charge < -0.3 is 25.3 Å². The van der Waals surface area contributed by atoms with E-state index in [1.54, 1.807) is 0 Å². The largest absolute Gasteiger partial charge is 0.696 e. The zero-order chi connectivity index (χ0) is 36.9. The van der Waals surface area contributed by atoms with Crippen molar-refractivity contribution in [3.63, 3.8) is 0 Å². The summed E-state index contributed by atoms with van der Waals surface area (Å²) in [6.07, 6.45) is 48.8. The summed E-state index contributed by atoms with van der Waals surface area (Å²) < 4.78 is 4.58. The minimum Gasteiger partial charge on any atom is -0.696 e. The summed E-state index contributed by atoms with van der Waals surface area (Å²) >= 11 is 7.40. The highest BCUT2D eigenvalue weighted by molar-refractivity contribution is 7.64. The van der Waals surface area contributed by atoms with Crippen LogP contribution < -0.4 is 9.13 Å². The molecule has 0 unspecified atom stereocenters. The Balaban J connectivity index is 0. The zero-order valence-electron chi connectivity index (χ0n) is 32.6. The van der Waals surface area contributed by atoms with Crippen molar-refractivity contribution in [2.75, 3.05) is 0 Å². The van der Waals surface area contributed by atoms with Crippen molar-refractivity contribution >= 4 is 25.3 Å². The summed E-state index contributed by atoms with van der Waals surface area (Å²) in [4.78, 5) is 0.